The van der Waals surface area contributed by atoms with Gasteiger partial charge in [-0.2, -0.15) is 4.31 Å². The van der Waals surface area contributed by atoms with Crippen molar-refractivity contribution >= 4 is 15.7 Å². The van der Waals surface area contributed by atoms with Crippen molar-refractivity contribution in [2.75, 3.05) is 44.2 Å². The Morgan fingerprint density at radius 3 is 2.18 bits per heavy atom. The normalized spacial score (nSPS) is 23.2. The monoisotopic (exact) mass is 405 g/mol. The number of piperazine rings is 1. The highest BCUT2D eigenvalue weighted by molar-refractivity contribution is 7.89. The van der Waals surface area contributed by atoms with Gasteiger partial charge >= 0.3 is 0 Å². The number of rotatable bonds is 4. The molecule has 0 radical (unpaired) electrons. The van der Waals surface area contributed by atoms with Crippen LogP contribution >= 0.6 is 0 Å². The summed E-state index contributed by atoms with van der Waals surface area (Å²) in [5.41, 5.74) is 4.26. The molecule has 28 heavy (non-hydrogen) atoms. The molecule has 2 fully saturated rings. The predicted octanol–water partition coefficient (Wildman–Crippen LogP) is 2.89. The second-order valence-corrected chi connectivity index (χ2v) is 11.4. The standard InChI is InChI=1S/C22H35N3O2S/c1-18(2)28(26,27)25-15-13-24(14-16-25)22-8-7-19-9-11-23(12-10-20(19)17-22)21-5-3-4-6-21/h7-8,17-18,21H,3-6,9-16H2,1-2H3. The van der Waals surface area contributed by atoms with Gasteiger partial charge in [0.05, 0.1) is 5.25 Å². The van der Waals surface area contributed by atoms with E-state index in [4.69, 9.17) is 0 Å². The van der Waals surface area contributed by atoms with Gasteiger partial charge in [0.15, 0.2) is 0 Å². The van der Waals surface area contributed by atoms with E-state index in [0.717, 1.165) is 32.0 Å². The predicted molar refractivity (Wildman–Crippen MR) is 116 cm³/mol. The fourth-order valence-corrected chi connectivity index (χ4v) is 6.33. The Balaban J connectivity index is 1.40. The molecular formula is C22H35N3O2S. The minimum atomic E-state index is -3.14. The lowest BCUT2D eigenvalue weighted by molar-refractivity contribution is 0.208. The SMILES string of the molecule is CC(C)S(=O)(=O)N1CCN(c2ccc3c(c2)CCN(C2CCCC2)CC3)CC1. The van der Waals surface area contributed by atoms with Gasteiger partial charge in [-0.15, -0.1) is 0 Å². The molecule has 2 heterocycles. The third-order valence-electron chi connectivity index (χ3n) is 6.93. The Morgan fingerprint density at radius 2 is 1.54 bits per heavy atom. The van der Waals surface area contributed by atoms with Gasteiger partial charge < -0.3 is 4.90 Å². The van der Waals surface area contributed by atoms with Crippen LogP contribution in [0.2, 0.25) is 0 Å². The molecule has 0 amide bonds. The van der Waals surface area contributed by atoms with Crippen molar-refractivity contribution in [3.63, 3.8) is 0 Å². The summed E-state index contributed by atoms with van der Waals surface area (Å²) in [4.78, 5) is 5.08. The Morgan fingerprint density at radius 1 is 0.893 bits per heavy atom. The highest BCUT2D eigenvalue weighted by atomic mass is 32.2. The zero-order valence-electron chi connectivity index (χ0n) is 17.4. The topological polar surface area (TPSA) is 43.9 Å². The van der Waals surface area contributed by atoms with Crippen LogP contribution in [0.1, 0.15) is 50.7 Å². The molecule has 5 nitrogen and oxygen atoms in total. The lowest BCUT2D eigenvalue weighted by Crippen LogP contribution is -2.50. The van der Waals surface area contributed by atoms with Crippen LogP contribution in [-0.4, -0.2) is 68.2 Å². The van der Waals surface area contributed by atoms with Gasteiger partial charge in [0.2, 0.25) is 10.0 Å². The summed E-state index contributed by atoms with van der Waals surface area (Å²) in [6.45, 7) is 8.65. The molecule has 3 aliphatic rings. The zero-order chi connectivity index (χ0) is 19.7. The molecule has 1 aliphatic carbocycles. The lowest BCUT2D eigenvalue weighted by Gasteiger charge is -2.36. The summed E-state index contributed by atoms with van der Waals surface area (Å²) in [5.74, 6) is 0. The third-order valence-corrected chi connectivity index (χ3v) is 9.20. The quantitative estimate of drug-likeness (QED) is 0.773. The number of anilines is 1. The van der Waals surface area contributed by atoms with E-state index in [9.17, 15) is 8.42 Å². The average molecular weight is 406 g/mol. The Hall–Kier alpha value is -1.11. The van der Waals surface area contributed by atoms with Gasteiger partial charge in [-0.05, 0) is 62.8 Å². The summed E-state index contributed by atoms with van der Waals surface area (Å²) in [5, 5.41) is -0.339. The van der Waals surface area contributed by atoms with Gasteiger partial charge in [0.1, 0.15) is 0 Å². The Labute approximate surface area is 170 Å². The molecule has 0 atom stereocenters. The highest BCUT2D eigenvalue weighted by Gasteiger charge is 2.30. The summed E-state index contributed by atoms with van der Waals surface area (Å²) in [6, 6.07) is 7.75. The fourth-order valence-electron chi connectivity index (χ4n) is 5.06. The van der Waals surface area contributed by atoms with E-state index in [1.807, 2.05) is 0 Å². The summed E-state index contributed by atoms with van der Waals surface area (Å²) in [7, 11) is -3.14. The maximum atomic E-state index is 12.4. The molecule has 156 valence electrons. The molecule has 1 saturated heterocycles. The molecular weight excluding hydrogens is 370 g/mol. The van der Waals surface area contributed by atoms with E-state index < -0.39 is 10.0 Å². The van der Waals surface area contributed by atoms with Crippen LogP contribution in [-0.2, 0) is 22.9 Å². The summed E-state index contributed by atoms with van der Waals surface area (Å²) >= 11 is 0. The minimum Gasteiger partial charge on any atom is -0.369 e. The van der Waals surface area contributed by atoms with Crippen LogP contribution in [0.15, 0.2) is 18.2 Å². The second kappa shape index (κ2) is 8.33. The van der Waals surface area contributed by atoms with Crippen LogP contribution < -0.4 is 4.90 Å². The van der Waals surface area contributed by atoms with Gasteiger partial charge in [0.25, 0.3) is 0 Å². The smallest absolute Gasteiger partial charge is 0.216 e. The van der Waals surface area contributed by atoms with Crippen LogP contribution in [0.5, 0.6) is 0 Å². The fraction of sp³-hybridized carbons (Fsp3) is 0.727. The lowest BCUT2D eigenvalue weighted by atomic mass is 10.0. The van der Waals surface area contributed by atoms with Gasteiger partial charge in [0, 0.05) is 51.0 Å². The molecule has 0 bridgehead atoms. The first-order valence-electron chi connectivity index (χ1n) is 11.0. The van der Waals surface area contributed by atoms with Crippen LogP contribution in [0.4, 0.5) is 5.69 Å². The Kier molecular flexibility index (Phi) is 6.00. The number of hydrogen-bond donors (Lipinski definition) is 0. The van der Waals surface area contributed by atoms with Crippen LogP contribution in [0.3, 0.4) is 0 Å². The number of fused-ring (bicyclic) bond motifs is 1. The van der Waals surface area contributed by atoms with E-state index in [1.165, 1.54) is 55.6 Å². The van der Waals surface area contributed by atoms with Gasteiger partial charge in [-0.25, -0.2) is 8.42 Å². The average Bonchev–Trinajstić information content (AvgIpc) is 3.15. The molecule has 0 aromatic heterocycles. The van der Waals surface area contributed by atoms with Gasteiger partial charge in [-0.3, -0.25) is 4.90 Å². The van der Waals surface area contributed by atoms with Crippen molar-refractivity contribution in [2.45, 2.75) is 63.7 Å². The second-order valence-electron chi connectivity index (χ2n) is 8.91. The molecule has 0 spiro atoms. The number of nitrogens with zero attached hydrogens (tertiary/aromatic N) is 3. The van der Waals surface area contributed by atoms with Crippen molar-refractivity contribution in [2.24, 2.45) is 0 Å². The molecule has 0 unspecified atom stereocenters. The molecule has 1 aromatic rings. The first kappa shape index (κ1) is 20.2. The van der Waals surface area contributed by atoms with Gasteiger partial charge in [-0.1, -0.05) is 18.9 Å². The van der Waals surface area contributed by atoms with E-state index >= 15 is 0 Å². The van der Waals surface area contributed by atoms with Crippen molar-refractivity contribution in [3.8, 4) is 0 Å². The number of sulfonamides is 1. The van der Waals surface area contributed by atoms with Crippen molar-refractivity contribution in [3.05, 3.63) is 29.3 Å². The molecule has 1 saturated carbocycles. The van der Waals surface area contributed by atoms with E-state index in [1.54, 1.807) is 18.2 Å². The summed E-state index contributed by atoms with van der Waals surface area (Å²) < 4.78 is 26.5. The van der Waals surface area contributed by atoms with E-state index in [2.05, 4.69) is 28.0 Å². The summed E-state index contributed by atoms with van der Waals surface area (Å²) in [6.07, 6.45) is 7.86. The molecule has 6 heteroatoms. The van der Waals surface area contributed by atoms with Crippen LogP contribution in [0, 0.1) is 0 Å². The Bertz CT molecular complexity index is 779. The first-order chi connectivity index (χ1) is 13.4. The maximum absolute atomic E-state index is 12.4. The molecule has 1 aromatic carbocycles. The first-order valence-corrected chi connectivity index (χ1v) is 12.6. The minimum absolute atomic E-state index is 0.339. The van der Waals surface area contributed by atoms with E-state index in [-0.39, 0.29) is 5.25 Å². The number of hydrogen-bond acceptors (Lipinski definition) is 4. The zero-order valence-corrected chi connectivity index (χ0v) is 18.3. The maximum Gasteiger partial charge on any atom is 0.216 e. The third kappa shape index (κ3) is 4.10. The highest BCUT2D eigenvalue weighted by Crippen LogP contribution is 2.28. The van der Waals surface area contributed by atoms with Crippen molar-refractivity contribution < 1.29 is 8.42 Å². The molecule has 0 N–H and O–H groups in total. The van der Waals surface area contributed by atoms with Crippen LogP contribution in [0.25, 0.3) is 0 Å². The van der Waals surface area contributed by atoms with E-state index in [0.29, 0.717) is 13.1 Å². The largest absolute Gasteiger partial charge is 0.369 e. The van der Waals surface area contributed by atoms with Crippen molar-refractivity contribution in [1.29, 1.82) is 0 Å². The number of benzene rings is 1. The molecule has 2 aliphatic heterocycles. The molecule has 4 rings (SSSR count). The van der Waals surface area contributed by atoms with Crippen molar-refractivity contribution in [1.82, 2.24) is 9.21 Å².